The van der Waals surface area contributed by atoms with E-state index in [2.05, 4.69) is 51.4 Å². The van der Waals surface area contributed by atoms with E-state index in [1.165, 1.54) is 12.0 Å². The minimum Gasteiger partial charge on any atom is -0.356 e. The zero-order valence-corrected chi connectivity index (χ0v) is 13.2. The van der Waals surface area contributed by atoms with Crippen LogP contribution in [0.2, 0.25) is 0 Å². The maximum Gasteiger partial charge on any atom is 0.287 e. The fourth-order valence-electron chi connectivity index (χ4n) is 3.27. The highest BCUT2D eigenvalue weighted by Gasteiger charge is 2.50. The molecule has 4 rings (SSSR count). The molecule has 0 aromatic carbocycles. The summed E-state index contributed by atoms with van der Waals surface area (Å²) in [7, 11) is 0. The molecule has 1 amide bonds. The summed E-state index contributed by atoms with van der Waals surface area (Å²) in [5, 5.41) is 4.09. The van der Waals surface area contributed by atoms with Crippen LogP contribution in [0.4, 0.5) is 0 Å². The van der Waals surface area contributed by atoms with Crippen molar-refractivity contribution >= 4 is 28.1 Å². The number of halogens is 1. The number of nitrogens with one attached hydrogen (secondary N) is 2. The highest BCUT2D eigenvalue weighted by Crippen LogP contribution is 2.58. The number of hydrogen-bond acceptors (Lipinski definition) is 2. The van der Waals surface area contributed by atoms with E-state index in [1.54, 1.807) is 18.5 Å². The second-order valence-electron chi connectivity index (χ2n) is 6.18. The first kappa shape index (κ1) is 13.6. The van der Waals surface area contributed by atoms with E-state index < -0.39 is 0 Å². The lowest BCUT2D eigenvalue weighted by Crippen LogP contribution is -2.48. The van der Waals surface area contributed by atoms with Crippen LogP contribution < -0.4 is 5.43 Å². The van der Waals surface area contributed by atoms with Crippen LogP contribution in [0.3, 0.4) is 0 Å². The van der Waals surface area contributed by atoms with E-state index in [-0.39, 0.29) is 5.91 Å². The highest BCUT2D eigenvalue weighted by atomic mass is 79.9. The first-order valence-corrected chi connectivity index (χ1v) is 7.65. The summed E-state index contributed by atoms with van der Waals surface area (Å²) in [6, 6.07) is 1.73. The minimum absolute atomic E-state index is 0.228. The number of amides is 1. The Hall–Kier alpha value is -1.36. The second-order valence-corrected chi connectivity index (χ2v) is 7.09. The number of carbonyl (C=O) groups is 1. The molecule has 3 aliphatic rings. The quantitative estimate of drug-likeness (QED) is 0.644. The summed E-state index contributed by atoms with van der Waals surface area (Å²) in [5.74, 6) is 1.17. The van der Waals surface area contributed by atoms with E-state index in [0.29, 0.717) is 17.0 Å². The molecule has 0 radical (unpaired) electrons. The molecule has 1 aromatic rings. The number of aromatic nitrogens is 1. The lowest BCUT2D eigenvalue weighted by molar-refractivity contribution is -0.00126. The van der Waals surface area contributed by atoms with Crippen LogP contribution in [0.15, 0.2) is 33.5 Å². The van der Waals surface area contributed by atoms with Gasteiger partial charge in [0, 0.05) is 10.7 Å². The number of nitrogens with zero attached hydrogens (tertiary/aromatic N) is 1. The van der Waals surface area contributed by atoms with Crippen molar-refractivity contribution in [3.63, 3.8) is 0 Å². The number of allylic oxidation sites excluding steroid dienone is 2. The van der Waals surface area contributed by atoms with Crippen molar-refractivity contribution in [3.8, 4) is 0 Å². The third-order valence-corrected chi connectivity index (χ3v) is 5.24. The van der Waals surface area contributed by atoms with E-state index >= 15 is 0 Å². The van der Waals surface area contributed by atoms with Crippen LogP contribution in [0.5, 0.6) is 0 Å². The molecule has 20 heavy (non-hydrogen) atoms. The van der Waals surface area contributed by atoms with Gasteiger partial charge in [0.1, 0.15) is 5.69 Å². The van der Waals surface area contributed by atoms with Crippen molar-refractivity contribution < 1.29 is 4.79 Å². The van der Waals surface area contributed by atoms with Gasteiger partial charge < -0.3 is 4.98 Å². The third kappa shape index (κ3) is 2.24. The van der Waals surface area contributed by atoms with Crippen LogP contribution in [0.1, 0.15) is 37.2 Å². The maximum absolute atomic E-state index is 11.8. The normalized spacial score (nSPS) is 27.1. The minimum atomic E-state index is -0.228. The van der Waals surface area contributed by atoms with Gasteiger partial charge in [0.05, 0.1) is 6.21 Å². The maximum atomic E-state index is 11.8. The predicted molar refractivity (Wildman–Crippen MR) is 82.5 cm³/mol. The van der Waals surface area contributed by atoms with Crippen molar-refractivity contribution in [1.29, 1.82) is 0 Å². The third-order valence-electron chi connectivity index (χ3n) is 4.78. The number of fused-ring (bicyclic) bond motifs is 1. The number of hydrogen-bond donors (Lipinski definition) is 2. The number of hydrazone groups is 1. The van der Waals surface area contributed by atoms with Gasteiger partial charge in [-0.1, -0.05) is 19.9 Å². The Morgan fingerprint density at radius 2 is 2.40 bits per heavy atom. The molecule has 0 spiro atoms. The van der Waals surface area contributed by atoms with Crippen molar-refractivity contribution in [2.24, 2.45) is 22.4 Å². The molecule has 2 atom stereocenters. The summed E-state index contributed by atoms with van der Waals surface area (Å²) < 4.78 is 0.851. The smallest absolute Gasteiger partial charge is 0.287 e. The van der Waals surface area contributed by atoms with Crippen molar-refractivity contribution in [1.82, 2.24) is 10.4 Å². The largest absolute Gasteiger partial charge is 0.356 e. The Bertz CT molecular complexity index is 600. The van der Waals surface area contributed by atoms with Gasteiger partial charge in [0.25, 0.3) is 5.91 Å². The van der Waals surface area contributed by atoms with Gasteiger partial charge in [-0.3, -0.25) is 4.79 Å². The van der Waals surface area contributed by atoms with Crippen molar-refractivity contribution in [2.75, 3.05) is 0 Å². The van der Waals surface area contributed by atoms with Gasteiger partial charge in [0.2, 0.25) is 0 Å². The Morgan fingerprint density at radius 3 is 3.00 bits per heavy atom. The number of aromatic amines is 1. The van der Waals surface area contributed by atoms with Gasteiger partial charge in [-0.15, -0.1) is 0 Å². The molecular weight excluding hydrogens is 318 g/mol. The summed E-state index contributed by atoms with van der Waals surface area (Å²) >= 11 is 3.30. The van der Waals surface area contributed by atoms with Crippen LogP contribution in [-0.4, -0.2) is 17.1 Å². The lowest BCUT2D eigenvalue weighted by atomic mass is 9.49. The molecule has 1 fully saturated rings. The van der Waals surface area contributed by atoms with Gasteiger partial charge >= 0.3 is 0 Å². The number of H-pyrrole nitrogens is 1. The summed E-state index contributed by atoms with van der Waals surface area (Å²) in [6.45, 7) is 4.64. The second kappa shape index (κ2) is 4.88. The van der Waals surface area contributed by atoms with Crippen LogP contribution in [0.25, 0.3) is 0 Å². The highest BCUT2D eigenvalue weighted by molar-refractivity contribution is 9.10. The fourth-order valence-corrected chi connectivity index (χ4v) is 3.61. The van der Waals surface area contributed by atoms with Gasteiger partial charge in [-0.25, -0.2) is 5.43 Å². The molecule has 4 nitrogen and oxygen atoms in total. The molecule has 1 heterocycles. The average Bonchev–Trinajstić information content (AvgIpc) is 2.85. The molecule has 2 bridgehead atoms. The van der Waals surface area contributed by atoms with E-state index in [4.69, 9.17) is 0 Å². The number of rotatable bonds is 3. The van der Waals surface area contributed by atoms with Crippen molar-refractivity contribution in [3.05, 3.63) is 34.1 Å². The Kier molecular flexibility index (Phi) is 3.32. The van der Waals surface area contributed by atoms with Crippen LogP contribution >= 0.6 is 15.9 Å². The molecular formula is C15H18BrN3O. The topological polar surface area (TPSA) is 57.2 Å². The fraction of sp³-hybridized carbons (Fsp3) is 0.467. The lowest BCUT2D eigenvalue weighted by Gasteiger charge is -2.55. The standard InChI is InChI=1S/C15H18BrN3O/c1-15(2)10-4-3-9(12(15)5-10)7-18-19-14(20)13-6-11(16)8-17-13/h3,6-8,10,12,17H,4-5H2,1-2H3,(H,19,20). The summed E-state index contributed by atoms with van der Waals surface area (Å²) in [6.07, 6.45) is 8.16. The predicted octanol–water partition coefficient (Wildman–Crippen LogP) is 3.49. The zero-order valence-electron chi connectivity index (χ0n) is 11.6. The zero-order chi connectivity index (χ0) is 14.3. The molecule has 2 N–H and O–H groups in total. The van der Waals surface area contributed by atoms with Gasteiger partial charge in [0.15, 0.2) is 0 Å². The summed E-state index contributed by atoms with van der Waals surface area (Å²) in [5.41, 5.74) is 4.69. The Morgan fingerprint density at radius 1 is 1.60 bits per heavy atom. The average molecular weight is 336 g/mol. The van der Waals surface area contributed by atoms with Crippen molar-refractivity contribution in [2.45, 2.75) is 26.7 Å². The number of carbonyl (C=O) groups excluding carboxylic acids is 1. The first-order chi connectivity index (χ1) is 9.48. The van der Waals surface area contributed by atoms with Gasteiger partial charge in [-0.05, 0) is 57.7 Å². The molecule has 1 saturated carbocycles. The molecule has 2 unspecified atom stereocenters. The van der Waals surface area contributed by atoms with Crippen LogP contribution in [0, 0.1) is 17.3 Å². The monoisotopic (exact) mass is 335 g/mol. The SMILES string of the molecule is CC1(C)C2CC=C(C=NNC(=O)c3cc(Br)c[nH]3)C1C2. The van der Waals surface area contributed by atoms with Gasteiger partial charge in [-0.2, -0.15) is 5.10 Å². The summed E-state index contributed by atoms with van der Waals surface area (Å²) in [4.78, 5) is 14.7. The molecule has 0 aliphatic heterocycles. The molecule has 5 heteroatoms. The van der Waals surface area contributed by atoms with E-state index in [1.807, 2.05) is 0 Å². The van der Waals surface area contributed by atoms with Crippen LogP contribution in [-0.2, 0) is 0 Å². The molecule has 106 valence electrons. The Labute approximate surface area is 126 Å². The van der Waals surface area contributed by atoms with E-state index in [0.717, 1.165) is 16.8 Å². The molecule has 1 aromatic heterocycles. The first-order valence-electron chi connectivity index (χ1n) is 6.86. The van der Waals surface area contributed by atoms with E-state index in [9.17, 15) is 4.79 Å². The molecule has 0 saturated heterocycles. The molecule has 3 aliphatic carbocycles. The Balaban J connectivity index is 1.61.